The van der Waals surface area contributed by atoms with Crippen LogP contribution in [0.5, 0.6) is 0 Å². The van der Waals surface area contributed by atoms with E-state index in [1.54, 1.807) is 18.4 Å². The molecule has 8 heavy (non-hydrogen) atoms. The topological polar surface area (TPSA) is 12.4 Å². The molecule has 0 N–H and O–H groups in total. The second-order valence-corrected chi connectivity index (χ2v) is 2.38. The molecule has 1 aromatic rings. The van der Waals surface area contributed by atoms with Crippen molar-refractivity contribution in [3.05, 3.63) is 22.4 Å². The van der Waals surface area contributed by atoms with E-state index in [1.807, 2.05) is 23.7 Å². The van der Waals surface area contributed by atoms with E-state index < -0.39 is 0 Å². The van der Waals surface area contributed by atoms with Gasteiger partial charge in [0, 0.05) is 18.1 Å². The lowest BCUT2D eigenvalue weighted by atomic mass is 10.5. The third-order valence-electron chi connectivity index (χ3n) is 0.800. The zero-order valence-electron chi connectivity index (χ0n) is 4.66. The summed E-state index contributed by atoms with van der Waals surface area (Å²) in [6.45, 7) is 0. The lowest BCUT2D eigenvalue weighted by Crippen LogP contribution is -1.66. The molecule has 0 aliphatic rings. The Bertz CT molecular complexity index is 165. The highest BCUT2D eigenvalue weighted by Crippen LogP contribution is 2.03. The van der Waals surface area contributed by atoms with Gasteiger partial charge in [-0.1, -0.05) is 6.07 Å². The van der Waals surface area contributed by atoms with E-state index in [0.717, 1.165) is 0 Å². The van der Waals surface area contributed by atoms with Crippen LogP contribution in [0.3, 0.4) is 0 Å². The Morgan fingerprint density at radius 1 is 1.75 bits per heavy atom. The molecule has 2 heteroatoms. The molecule has 1 nitrogen and oxygen atoms in total. The highest BCUT2D eigenvalue weighted by molar-refractivity contribution is 7.11. The van der Waals surface area contributed by atoms with Crippen LogP contribution in [-0.4, -0.2) is 13.3 Å². The molecular formula is C6H7NS. The monoisotopic (exact) mass is 125 g/mol. The van der Waals surface area contributed by atoms with Crippen molar-refractivity contribution in [1.82, 2.24) is 0 Å². The van der Waals surface area contributed by atoms with Crippen LogP contribution < -0.4 is 0 Å². The molecule has 1 rings (SSSR count). The minimum Gasteiger partial charge on any atom is -0.295 e. The second kappa shape index (κ2) is 2.62. The quantitative estimate of drug-likeness (QED) is 0.507. The van der Waals surface area contributed by atoms with Crippen molar-refractivity contribution in [2.24, 2.45) is 4.99 Å². The molecule has 1 aromatic heterocycles. The summed E-state index contributed by atoms with van der Waals surface area (Å²) in [5.41, 5.74) is 0. The van der Waals surface area contributed by atoms with Gasteiger partial charge in [0.2, 0.25) is 0 Å². The first-order chi connectivity index (χ1) is 3.93. The lowest BCUT2D eigenvalue weighted by Gasteiger charge is -1.74. The summed E-state index contributed by atoms with van der Waals surface area (Å²) in [4.78, 5) is 5.08. The van der Waals surface area contributed by atoms with Crippen LogP contribution in [0.15, 0.2) is 22.5 Å². The van der Waals surface area contributed by atoms with Crippen LogP contribution >= 0.6 is 11.3 Å². The number of hydrogen-bond donors (Lipinski definition) is 0. The third kappa shape index (κ3) is 1.17. The summed E-state index contributed by atoms with van der Waals surface area (Å²) in [7, 11) is 1.78. The van der Waals surface area contributed by atoms with Crippen molar-refractivity contribution < 1.29 is 0 Å². The fraction of sp³-hybridized carbons (Fsp3) is 0.167. The van der Waals surface area contributed by atoms with E-state index in [9.17, 15) is 0 Å². The molecular weight excluding hydrogens is 118 g/mol. The summed E-state index contributed by atoms with van der Waals surface area (Å²) in [6.07, 6.45) is 1.85. The Labute approximate surface area is 52.7 Å². The van der Waals surface area contributed by atoms with Crippen molar-refractivity contribution >= 4 is 17.6 Å². The summed E-state index contributed by atoms with van der Waals surface area (Å²) in [5, 5.41) is 2.04. The summed E-state index contributed by atoms with van der Waals surface area (Å²) in [5.74, 6) is 0. The molecule has 0 bridgehead atoms. The van der Waals surface area contributed by atoms with Crippen LogP contribution in [-0.2, 0) is 0 Å². The average Bonchev–Trinajstić information content (AvgIpc) is 2.19. The Balaban J connectivity index is 2.77. The van der Waals surface area contributed by atoms with Crippen LogP contribution in [0.25, 0.3) is 0 Å². The van der Waals surface area contributed by atoms with Gasteiger partial charge in [-0.3, -0.25) is 4.99 Å². The van der Waals surface area contributed by atoms with Gasteiger partial charge in [0.15, 0.2) is 0 Å². The van der Waals surface area contributed by atoms with Crippen molar-refractivity contribution in [3.63, 3.8) is 0 Å². The van der Waals surface area contributed by atoms with Gasteiger partial charge >= 0.3 is 0 Å². The van der Waals surface area contributed by atoms with Gasteiger partial charge in [0.1, 0.15) is 0 Å². The molecule has 0 saturated heterocycles. The summed E-state index contributed by atoms with van der Waals surface area (Å²) in [6, 6.07) is 4.05. The Morgan fingerprint density at radius 3 is 3.12 bits per heavy atom. The molecule has 0 amide bonds. The molecule has 0 fully saturated rings. The Morgan fingerprint density at radius 2 is 2.62 bits per heavy atom. The predicted molar refractivity (Wildman–Crippen MR) is 37.8 cm³/mol. The van der Waals surface area contributed by atoms with Gasteiger partial charge in [0.05, 0.1) is 0 Å². The van der Waals surface area contributed by atoms with Gasteiger partial charge in [-0.25, -0.2) is 0 Å². The van der Waals surface area contributed by atoms with Gasteiger partial charge in [-0.05, 0) is 11.4 Å². The van der Waals surface area contributed by atoms with Crippen molar-refractivity contribution in [2.75, 3.05) is 7.05 Å². The first-order valence-electron chi connectivity index (χ1n) is 2.39. The fourth-order valence-electron chi connectivity index (χ4n) is 0.492. The van der Waals surface area contributed by atoms with Crippen LogP contribution in [0.1, 0.15) is 4.88 Å². The molecule has 1 heterocycles. The Kier molecular flexibility index (Phi) is 1.80. The van der Waals surface area contributed by atoms with Crippen molar-refractivity contribution in [2.45, 2.75) is 0 Å². The van der Waals surface area contributed by atoms with Crippen molar-refractivity contribution in [3.8, 4) is 0 Å². The van der Waals surface area contributed by atoms with Gasteiger partial charge in [-0.15, -0.1) is 11.3 Å². The lowest BCUT2D eigenvalue weighted by molar-refractivity contribution is 1.47. The number of thiophene rings is 1. The molecule has 0 aliphatic heterocycles. The zero-order valence-corrected chi connectivity index (χ0v) is 5.48. The average molecular weight is 125 g/mol. The number of rotatable bonds is 1. The second-order valence-electron chi connectivity index (χ2n) is 1.40. The van der Waals surface area contributed by atoms with E-state index in [1.165, 1.54) is 4.88 Å². The predicted octanol–water partition coefficient (Wildman–Crippen LogP) is 1.80. The highest BCUT2D eigenvalue weighted by atomic mass is 32.1. The van der Waals surface area contributed by atoms with Gasteiger partial charge in [0.25, 0.3) is 0 Å². The summed E-state index contributed by atoms with van der Waals surface area (Å²) >= 11 is 1.70. The normalized spacial score (nSPS) is 10.6. The fourth-order valence-corrected chi connectivity index (χ4v) is 1.13. The zero-order chi connectivity index (χ0) is 5.82. The highest BCUT2D eigenvalue weighted by Gasteiger charge is 1.81. The molecule has 0 aromatic carbocycles. The van der Waals surface area contributed by atoms with Gasteiger partial charge in [-0.2, -0.15) is 0 Å². The largest absolute Gasteiger partial charge is 0.295 e. The van der Waals surface area contributed by atoms with E-state index in [2.05, 4.69) is 4.99 Å². The summed E-state index contributed by atoms with van der Waals surface area (Å²) < 4.78 is 0. The number of hydrogen-bond acceptors (Lipinski definition) is 2. The first kappa shape index (κ1) is 5.51. The van der Waals surface area contributed by atoms with E-state index in [0.29, 0.717) is 0 Å². The van der Waals surface area contributed by atoms with Crippen molar-refractivity contribution in [1.29, 1.82) is 0 Å². The van der Waals surface area contributed by atoms with Crippen LogP contribution in [0.2, 0.25) is 0 Å². The minimum absolute atomic E-state index is 1.22. The molecule has 0 radical (unpaired) electrons. The van der Waals surface area contributed by atoms with E-state index >= 15 is 0 Å². The number of aliphatic imine (C=N–C) groups is 1. The molecule has 0 atom stereocenters. The molecule has 0 unspecified atom stereocenters. The smallest absolute Gasteiger partial charge is 0.0448 e. The maximum Gasteiger partial charge on any atom is 0.0448 e. The maximum absolute atomic E-state index is 3.86. The first-order valence-corrected chi connectivity index (χ1v) is 3.27. The molecule has 0 aliphatic carbocycles. The van der Waals surface area contributed by atoms with E-state index in [4.69, 9.17) is 0 Å². The third-order valence-corrected chi connectivity index (χ3v) is 1.61. The number of nitrogens with zero attached hydrogens (tertiary/aromatic N) is 1. The van der Waals surface area contributed by atoms with Crippen LogP contribution in [0, 0.1) is 0 Å². The molecule has 42 valence electrons. The van der Waals surface area contributed by atoms with Crippen LogP contribution in [0.4, 0.5) is 0 Å². The SMILES string of the molecule is CN=Cc1cccs1. The van der Waals surface area contributed by atoms with E-state index in [-0.39, 0.29) is 0 Å². The maximum atomic E-state index is 3.86. The molecule has 0 spiro atoms. The minimum atomic E-state index is 1.22. The standard InChI is InChI=1S/C6H7NS/c1-7-5-6-3-2-4-8-6/h2-5H,1H3. The molecule has 0 saturated carbocycles. The van der Waals surface area contributed by atoms with Gasteiger partial charge < -0.3 is 0 Å². The Hall–Kier alpha value is -0.630.